The van der Waals surface area contributed by atoms with Crippen molar-refractivity contribution >= 4 is 55.4 Å². The molecule has 8 nitrogen and oxygen atoms in total. The van der Waals surface area contributed by atoms with Crippen LogP contribution in [0.2, 0.25) is 0 Å². The molecule has 0 aliphatic heterocycles. The summed E-state index contributed by atoms with van der Waals surface area (Å²) in [7, 11) is 0. The zero-order valence-corrected chi connectivity index (χ0v) is 20.7. The molecule has 0 aliphatic rings. The summed E-state index contributed by atoms with van der Waals surface area (Å²) in [5.74, 6) is 1.13. The van der Waals surface area contributed by atoms with Crippen LogP contribution in [-0.2, 0) is 11.3 Å². The lowest BCUT2D eigenvalue weighted by atomic mass is 10.1. The Morgan fingerprint density at radius 2 is 2.09 bits per heavy atom. The van der Waals surface area contributed by atoms with Gasteiger partial charge in [0.25, 0.3) is 5.56 Å². The van der Waals surface area contributed by atoms with E-state index >= 15 is 0 Å². The minimum absolute atomic E-state index is 0.104. The molecular formula is C23H27N5O3S2. The molecular weight excluding hydrogens is 458 g/mol. The van der Waals surface area contributed by atoms with E-state index in [-0.39, 0.29) is 17.2 Å². The Balaban J connectivity index is 1.50. The van der Waals surface area contributed by atoms with Gasteiger partial charge in [0.05, 0.1) is 28.1 Å². The number of hydrogen-bond acceptors (Lipinski definition) is 7. The predicted molar refractivity (Wildman–Crippen MR) is 135 cm³/mol. The molecule has 0 bridgehead atoms. The number of thioether (sulfide) groups is 1. The smallest absolute Gasteiger partial charge is 0.278 e. The van der Waals surface area contributed by atoms with Gasteiger partial charge in [-0.15, -0.1) is 0 Å². The number of fused-ring (bicyclic) bond motifs is 2. The van der Waals surface area contributed by atoms with Crippen molar-refractivity contribution in [3.05, 3.63) is 40.3 Å². The summed E-state index contributed by atoms with van der Waals surface area (Å²) < 4.78 is 8.16. The fraction of sp³-hybridized carbons (Fsp3) is 0.391. The van der Waals surface area contributed by atoms with Crippen molar-refractivity contribution in [3.8, 4) is 5.75 Å². The minimum atomic E-state index is -0.195. The lowest BCUT2D eigenvalue weighted by molar-refractivity contribution is -0.113. The summed E-state index contributed by atoms with van der Waals surface area (Å²) in [5.41, 5.74) is 2.69. The SMILES string of the molecule is CCOc1ccc2sc(NC(=O)CSc3nc4cc(C)[nH]c4c(=O)n3CCC(C)C)nc2c1. The van der Waals surface area contributed by atoms with Gasteiger partial charge in [0.15, 0.2) is 10.3 Å². The summed E-state index contributed by atoms with van der Waals surface area (Å²) in [4.78, 5) is 38.0. The molecule has 0 spiro atoms. The van der Waals surface area contributed by atoms with Gasteiger partial charge in [-0.05, 0) is 44.4 Å². The first-order valence-corrected chi connectivity index (χ1v) is 12.7. The van der Waals surface area contributed by atoms with Gasteiger partial charge in [0.1, 0.15) is 11.3 Å². The lowest BCUT2D eigenvalue weighted by Crippen LogP contribution is -2.25. The van der Waals surface area contributed by atoms with E-state index in [9.17, 15) is 9.59 Å². The van der Waals surface area contributed by atoms with Gasteiger partial charge in [-0.2, -0.15) is 0 Å². The molecule has 1 amide bonds. The zero-order chi connectivity index (χ0) is 23.5. The fourth-order valence-corrected chi connectivity index (χ4v) is 5.10. The van der Waals surface area contributed by atoms with Crippen molar-refractivity contribution in [1.29, 1.82) is 0 Å². The highest BCUT2D eigenvalue weighted by Crippen LogP contribution is 2.29. The van der Waals surface area contributed by atoms with Crippen molar-refractivity contribution in [3.63, 3.8) is 0 Å². The average molecular weight is 486 g/mol. The molecule has 0 saturated heterocycles. The molecule has 0 saturated carbocycles. The number of benzene rings is 1. The number of ether oxygens (including phenoxy) is 1. The number of rotatable bonds is 9. The number of anilines is 1. The van der Waals surface area contributed by atoms with E-state index in [4.69, 9.17) is 4.74 Å². The third-order valence-electron chi connectivity index (χ3n) is 5.02. The van der Waals surface area contributed by atoms with Gasteiger partial charge in [-0.25, -0.2) is 9.97 Å². The van der Waals surface area contributed by atoms with Gasteiger partial charge < -0.3 is 15.0 Å². The van der Waals surface area contributed by atoms with Crippen molar-refractivity contribution < 1.29 is 9.53 Å². The lowest BCUT2D eigenvalue weighted by Gasteiger charge is -2.13. The van der Waals surface area contributed by atoms with Crippen LogP contribution in [0.5, 0.6) is 5.75 Å². The largest absolute Gasteiger partial charge is 0.494 e. The molecule has 0 radical (unpaired) electrons. The van der Waals surface area contributed by atoms with Crippen molar-refractivity contribution in [2.75, 3.05) is 17.7 Å². The Hall–Kier alpha value is -2.85. The van der Waals surface area contributed by atoms with Gasteiger partial charge in [-0.1, -0.05) is 36.9 Å². The molecule has 33 heavy (non-hydrogen) atoms. The number of aromatic nitrogens is 4. The standard InChI is InChI=1S/C23H27N5O3S2/c1-5-31-15-6-7-18-16(11-15)25-22(33-18)27-19(29)12-32-23-26-17-10-14(4)24-20(17)21(30)28(23)9-8-13(2)3/h6-7,10-11,13,24H,5,8-9,12H2,1-4H3,(H,25,27,29). The van der Waals surface area contributed by atoms with Crippen LogP contribution < -0.4 is 15.6 Å². The maximum Gasteiger partial charge on any atom is 0.278 e. The van der Waals surface area contributed by atoms with E-state index in [0.29, 0.717) is 40.4 Å². The van der Waals surface area contributed by atoms with E-state index in [1.807, 2.05) is 38.1 Å². The highest BCUT2D eigenvalue weighted by atomic mass is 32.2. The van der Waals surface area contributed by atoms with Crippen LogP contribution >= 0.6 is 23.1 Å². The Kier molecular flexibility index (Phi) is 7.04. The number of aryl methyl sites for hydroxylation is 1. The van der Waals surface area contributed by atoms with Crippen LogP contribution in [0.25, 0.3) is 21.3 Å². The summed E-state index contributed by atoms with van der Waals surface area (Å²) in [6, 6.07) is 7.55. The molecule has 0 atom stereocenters. The second kappa shape index (κ2) is 9.96. The summed E-state index contributed by atoms with van der Waals surface area (Å²) in [6.07, 6.45) is 0.849. The van der Waals surface area contributed by atoms with Gasteiger partial charge in [0.2, 0.25) is 5.91 Å². The average Bonchev–Trinajstić information content (AvgIpc) is 3.33. The minimum Gasteiger partial charge on any atom is -0.494 e. The Morgan fingerprint density at radius 3 is 2.85 bits per heavy atom. The maximum absolute atomic E-state index is 13.0. The molecule has 0 unspecified atom stereocenters. The molecule has 4 aromatic rings. The number of carbonyl (C=O) groups excluding carboxylic acids is 1. The monoisotopic (exact) mass is 485 g/mol. The number of amides is 1. The second-order valence-electron chi connectivity index (χ2n) is 8.16. The van der Waals surface area contributed by atoms with Crippen LogP contribution in [-0.4, -0.2) is 37.8 Å². The number of aromatic amines is 1. The maximum atomic E-state index is 13.0. The van der Waals surface area contributed by atoms with Gasteiger partial charge in [0, 0.05) is 18.3 Å². The van der Waals surface area contributed by atoms with Crippen molar-refractivity contribution in [2.24, 2.45) is 5.92 Å². The molecule has 174 valence electrons. The first kappa shape index (κ1) is 23.3. The van der Waals surface area contributed by atoms with E-state index in [1.165, 1.54) is 23.1 Å². The Bertz CT molecular complexity index is 1360. The fourth-order valence-electron chi connectivity index (χ4n) is 3.41. The Labute approximate surface area is 199 Å². The molecule has 10 heteroatoms. The highest BCUT2D eigenvalue weighted by Gasteiger charge is 2.16. The Morgan fingerprint density at radius 1 is 1.27 bits per heavy atom. The van der Waals surface area contributed by atoms with Crippen LogP contribution in [0.4, 0.5) is 5.13 Å². The third kappa shape index (κ3) is 5.39. The summed E-state index contributed by atoms with van der Waals surface area (Å²) in [5, 5.41) is 3.95. The molecule has 0 aliphatic carbocycles. The molecule has 2 N–H and O–H groups in total. The van der Waals surface area contributed by atoms with Crippen molar-refractivity contribution in [2.45, 2.75) is 45.8 Å². The first-order chi connectivity index (χ1) is 15.8. The normalized spacial score (nSPS) is 11.5. The van der Waals surface area contributed by atoms with Crippen LogP contribution in [0, 0.1) is 12.8 Å². The van der Waals surface area contributed by atoms with Crippen molar-refractivity contribution in [1.82, 2.24) is 19.5 Å². The number of H-pyrrole nitrogens is 1. The third-order valence-corrected chi connectivity index (χ3v) is 6.94. The van der Waals surface area contributed by atoms with Crippen LogP contribution in [0.3, 0.4) is 0 Å². The molecule has 0 fully saturated rings. The van der Waals surface area contributed by atoms with Gasteiger partial charge in [-0.3, -0.25) is 14.2 Å². The number of carbonyl (C=O) groups is 1. The zero-order valence-electron chi connectivity index (χ0n) is 19.1. The first-order valence-electron chi connectivity index (χ1n) is 10.9. The number of nitrogens with one attached hydrogen (secondary N) is 2. The summed E-state index contributed by atoms with van der Waals surface area (Å²) in [6.45, 7) is 9.20. The molecule has 1 aromatic carbocycles. The number of thiazole rings is 1. The molecule has 3 aromatic heterocycles. The van der Waals surface area contributed by atoms with E-state index < -0.39 is 0 Å². The van der Waals surface area contributed by atoms with E-state index in [0.717, 1.165) is 28.1 Å². The van der Waals surface area contributed by atoms with E-state index in [1.54, 1.807) is 4.57 Å². The van der Waals surface area contributed by atoms with Gasteiger partial charge >= 0.3 is 0 Å². The number of nitrogens with zero attached hydrogens (tertiary/aromatic N) is 3. The topological polar surface area (TPSA) is 102 Å². The van der Waals surface area contributed by atoms with E-state index in [2.05, 4.69) is 34.1 Å². The quantitative estimate of drug-likeness (QED) is 0.260. The van der Waals surface area contributed by atoms with Crippen LogP contribution in [0.15, 0.2) is 34.2 Å². The molecule has 4 rings (SSSR count). The predicted octanol–water partition coefficient (Wildman–Crippen LogP) is 4.82. The summed E-state index contributed by atoms with van der Waals surface area (Å²) >= 11 is 2.68. The number of hydrogen-bond donors (Lipinski definition) is 2. The second-order valence-corrected chi connectivity index (χ2v) is 10.1. The van der Waals surface area contributed by atoms with Crippen LogP contribution in [0.1, 0.15) is 32.9 Å². The molecule has 3 heterocycles. The highest BCUT2D eigenvalue weighted by molar-refractivity contribution is 7.99.